The van der Waals surface area contributed by atoms with Crippen molar-refractivity contribution in [2.45, 2.75) is 42.9 Å². The van der Waals surface area contributed by atoms with Crippen molar-refractivity contribution >= 4 is 23.4 Å². The van der Waals surface area contributed by atoms with E-state index in [0.717, 1.165) is 29.7 Å². The number of aromatic nitrogens is 3. The van der Waals surface area contributed by atoms with Gasteiger partial charge in [0.25, 0.3) is 0 Å². The Labute approximate surface area is 156 Å². The number of carboxylic acids is 1. The molecule has 0 atom stereocenters. The first kappa shape index (κ1) is 17.1. The molecule has 26 heavy (non-hydrogen) atoms. The van der Waals surface area contributed by atoms with Crippen LogP contribution >= 0.6 is 11.8 Å². The Balaban J connectivity index is 1.89. The number of rotatable bonds is 4. The molecule has 2 heterocycles. The number of hydrogen-bond acceptors (Lipinski definition) is 4. The fraction of sp³-hybridized carbons (Fsp3) is 0.350. The molecule has 1 aliphatic carbocycles. The van der Waals surface area contributed by atoms with E-state index in [2.05, 4.69) is 35.6 Å². The predicted octanol–water partition coefficient (Wildman–Crippen LogP) is 4.86. The molecule has 0 bridgehead atoms. The summed E-state index contributed by atoms with van der Waals surface area (Å²) in [4.78, 5) is 17.5. The number of nitrogens with zero attached hydrogens (tertiary/aromatic N) is 3. The van der Waals surface area contributed by atoms with E-state index in [9.17, 15) is 9.90 Å². The normalized spacial score (nSPS) is 15.4. The number of hydrogen-bond donors (Lipinski definition) is 1. The van der Waals surface area contributed by atoms with E-state index in [-0.39, 0.29) is 5.56 Å². The maximum atomic E-state index is 11.5. The Hall–Kier alpha value is -2.34. The van der Waals surface area contributed by atoms with E-state index in [1.807, 2.05) is 6.20 Å². The van der Waals surface area contributed by atoms with Crippen LogP contribution in [0.4, 0.5) is 0 Å². The van der Waals surface area contributed by atoms with E-state index in [4.69, 9.17) is 4.98 Å². The van der Waals surface area contributed by atoms with E-state index in [1.165, 1.54) is 30.4 Å². The largest absolute Gasteiger partial charge is 0.477 e. The van der Waals surface area contributed by atoms with Crippen LogP contribution in [0.5, 0.6) is 0 Å². The number of thioether (sulfide) groups is 1. The molecule has 6 heteroatoms. The molecule has 0 unspecified atom stereocenters. The summed E-state index contributed by atoms with van der Waals surface area (Å²) >= 11 is 1.72. The van der Waals surface area contributed by atoms with E-state index in [1.54, 1.807) is 16.3 Å². The molecular weight excluding hydrogens is 346 g/mol. The van der Waals surface area contributed by atoms with Crippen molar-refractivity contribution in [1.82, 2.24) is 14.6 Å². The monoisotopic (exact) mass is 367 g/mol. The van der Waals surface area contributed by atoms with E-state index >= 15 is 0 Å². The number of benzene rings is 1. The van der Waals surface area contributed by atoms with E-state index < -0.39 is 5.97 Å². The number of aromatic carboxylic acids is 1. The molecule has 4 rings (SSSR count). The molecule has 0 spiro atoms. The number of carbonyl (C=O) groups is 1. The molecule has 0 aliphatic heterocycles. The molecule has 1 aliphatic rings. The van der Waals surface area contributed by atoms with Crippen LogP contribution in [0.15, 0.2) is 41.6 Å². The van der Waals surface area contributed by atoms with Gasteiger partial charge in [-0.2, -0.15) is 5.10 Å². The fourth-order valence-corrected chi connectivity index (χ4v) is 4.16. The Bertz CT molecular complexity index is 944. The smallest absolute Gasteiger partial charge is 0.341 e. The fourth-order valence-electron chi connectivity index (χ4n) is 3.76. The Morgan fingerprint density at radius 2 is 1.92 bits per heavy atom. The van der Waals surface area contributed by atoms with Crippen LogP contribution < -0.4 is 0 Å². The molecule has 3 aromatic rings. The maximum absolute atomic E-state index is 11.5. The lowest BCUT2D eigenvalue weighted by Crippen LogP contribution is -2.10. The second kappa shape index (κ2) is 7.11. The van der Waals surface area contributed by atoms with Gasteiger partial charge < -0.3 is 5.11 Å². The van der Waals surface area contributed by atoms with Gasteiger partial charge >= 0.3 is 5.97 Å². The predicted molar refractivity (Wildman–Crippen MR) is 103 cm³/mol. The van der Waals surface area contributed by atoms with Crippen molar-refractivity contribution in [1.29, 1.82) is 0 Å². The molecule has 0 radical (unpaired) electrons. The molecule has 1 aromatic carbocycles. The summed E-state index contributed by atoms with van der Waals surface area (Å²) in [5.74, 6) is -0.611. The van der Waals surface area contributed by atoms with Gasteiger partial charge in [-0.25, -0.2) is 14.3 Å². The zero-order valence-corrected chi connectivity index (χ0v) is 15.5. The highest BCUT2D eigenvalue weighted by molar-refractivity contribution is 7.98. The minimum absolute atomic E-state index is 0.159. The first-order chi connectivity index (χ1) is 12.7. The lowest BCUT2D eigenvalue weighted by atomic mass is 9.84. The molecule has 5 nitrogen and oxygen atoms in total. The van der Waals surface area contributed by atoms with Crippen LogP contribution in [0.2, 0.25) is 0 Å². The van der Waals surface area contributed by atoms with Crippen molar-refractivity contribution < 1.29 is 9.90 Å². The van der Waals surface area contributed by atoms with Gasteiger partial charge in [0.05, 0.1) is 11.9 Å². The van der Waals surface area contributed by atoms with Crippen LogP contribution in [0, 0.1) is 0 Å². The molecule has 1 saturated carbocycles. The lowest BCUT2D eigenvalue weighted by molar-refractivity contribution is 0.0698. The van der Waals surface area contributed by atoms with Crippen LogP contribution in [0.3, 0.4) is 0 Å². The third-order valence-electron chi connectivity index (χ3n) is 5.15. The summed E-state index contributed by atoms with van der Waals surface area (Å²) in [6, 6.07) is 8.45. The first-order valence-corrected chi connectivity index (χ1v) is 10.2. The first-order valence-electron chi connectivity index (χ1n) is 8.93. The van der Waals surface area contributed by atoms with Gasteiger partial charge in [0, 0.05) is 22.6 Å². The van der Waals surface area contributed by atoms with Crippen molar-refractivity contribution in [2.24, 2.45) is 0 Å². The molecule has 0 amide bonds. The van der Waals surface area contributed by atoms with Crippen LogP contribution in [0.25, 0.3) is 16.8 Å². The second-order valence-corrected chi connectivity index (χ2v) is 7.61. The summed E-state index contributed by atoms with van der Waals surface area (Å²) in [6.07, 6.45) is 11.3. The maximum Gasteiger partial charge on any atom is 0.341 e. The van der Waals surface area contributed by atoms with Crippen LogP contribution in [-0.4, -0.2) is 31.9 Å². The highest BCUT2D eigenvalue weighted by atomic mass is 32.2. The molecular formula is C20H21N3O2S. The van der Waals surface area contributed by atoms with Gasteiger partial charge in [0.2, 0.25) is 0 Å². The van der Waals surface area contributed by atoms with Gasteiger partial charge in [-0.1, -0.05) is 31.4 Å². The average Bonchev–Trinajstić information content (AvgIpc) is 3.11. The van der Waals surface area contributed by atoms with Crippen LogP contribution in [-0.2, 0) is 0 Å². The second-order valence-electron chi connectivity index (χ2n) is 6.73. The van der Waals surface area contributed by atoms with Crippen LogP contribution in [0.1, 0.15) is 54.1 Å². The molecule has 1 fully saturated rings. The Morgan fingerprint density at radius 1 is 1.19 bits per heavy atom. The zero-order valence-electron chi connectivity index (χ0n) is 14.7. The highest BCUT2D eigenvalue weighted by Gasteiger charge is 2.23. The lowest BCUT2D eigenvalue weighted by Gasteiger charge is -2.23. The number of carboxylic acid groups (broad SMARTS) is 1. The summed E-state index contributed by atoms with van der Waals surface area (Å²) in [5, 5.41) is 13.6. The van der Waals surface area contributed by atoms with Gasteiger partial charge in [-0.3, -0.25) is 0 Å². The van der Waals surface area contributed by atoms with Crippen molar-refractivity contribution in [3.63, 3.8) is 0 Å². The van der Waals surface area contributed by atoms with Gasteiger partial charge in [0.1, 0.15) is 5.56 Å². The van der Waals surface area contributed by atoms with Gasteiger partial charge in [-0.15, -0.1) is 11.8 Å². The minimum Gasteiger partial charge on any atom is -0.477 e. The van der Waals surface area contributed by atoms with Gasteiger partial charge in [0.15, 0.2) is 5.65 Å². The molecule has 2 aromatic heterocycles. The Morgan fingerprint density at radius 3 is 2.58 bits per heavy atom. The average molecular weight is 367 g/mol. The van der Waals surface area contributed by atoms with E-state index in [0.29, 0.717) is 11.6 Å². The standard InChI is InChI=1S/C20H21N3O2S/c1-26-15-9-7-13(8-10-15)17-12-23-19(16(11-21-23)20(24)25)22-18(17)14-5-3-2-4-6-14/h7-12,14H,2-6H2,1H3,(H,24,25). The third-order valence-corrected chi connectivity index (χ3v) is 5.89. The quantitative estimate of drug-likeness (QED) is 0.667. The SMILES string of the molecule is CSc1ccc(-c2cn3ncc(C(=O)O)c3nc2C2CCCCC2)cc1. The van der Waals surface area contributed by atoms with Crippen molar-refractivity contribution in [3.8, 4) is 11.1 Å². The number of fused-ring (bicyclic) bond motifs is 1. The summed E-state index contributed by atoms with van der Waals surface area (Å²) in [7, 11) is 0. The topological polar surface area (TPSA) is 67.5 Å². The van der Waals surface area contributed by atoms with Crippen molar-refractivity contribution in [2.75, 3.05) is 6.26 Å². The highest BCUT2D eigenvalue weighted by Crippen LogP contribution is 2.37. The van der Waals surface area contributed by atoms with Crippen molar-refractivity contribution in [3.05, 3.63) is 47.9 Å². The molecule has 0 saturated heterocycles. The molecule has 134 valence electrons. The third kappa shape index (κ3) is 3.09. The Kier molecular flexibility index (Phi) is 4.68. The summed E-state index contributed by atoms with van der Waals surface area (Å²) in [5.41, 5.74) is 3.76. The summed E-state index contributed by atoms with van der Waals surface area (Å²) in [6.45, 7) is 0. The minimum atomic E-state index is -0.987. The van der Waals surface area contributed by atoms with Gasteiger partial charge in [-0.05, 0) is 36.8 Å². The summed E-state index contributed by atoms with van der Waals surface area (Å²) < 4.78 is 1.59. The molecule has 1 N–H and O–H groups in total. The zero-order chi connectivity index (χ0) is 18.1.